The number of imidazole rings is 1. The van der Waals surface area contributed by atoms with Crippen molar-refractivity contribution in [1.82, 2.24) is 14.3 Å². The Bertz CT molecular complexity index is 1070. The van der Waals surface area contributed by atoms with E-state index in [4.69, 9.17) is 16.3 Å². The van der Waals surface area contributed by atoms with Gasteiger partial charge in [0.2, 0.25) is 5.91 Å². The van der Waals surface area contributed by atoms with E-state index >= 15 is 0 Å². The third kappa shape index (κ3) is 4.74. The number of fused-ring (bicyclic) bond motifs is 1. The molecular formula is C24H26ClN3O3. The zero-order chi connectivity index (χ0) is 21.8. The molecule has 3 aromatic rings. The van der Waals surface area contributed by atoms with Crippen LogP contribution in [0.25, 0.3) is 5.65 Å². The van der Waals surface area contributed by atoms with Crippen molar-refractivity contribution >= 4 is 29.1 Å². The number of pyridine rings is 1. The Morgan fingerprint density at radius 1 is 1.23 bits per heavy atom. The number of benzene rings is 1. The van der Waals surface area contributed by atoms with Gasteiger partial charge in [0.15, 0.2) is 0 Å². The summed E-state index contributed by atoms with van der Waals surface area (Å²) in [6.45, 7) is 3.24. The van der Waals surface area contributed by atoms with E-state index in [1.807, 2.05) is 53.2 Å². The number of amides is 1. The zero-order valence-electron chi connectivity index (χ0n) is 17.5. The highest BCUT2D eigenvalue weighted by Crippen LogP contribution is 2.31. The molecule has 0 aliphatic carbocycles. The normalized spacial score (nSPS) is 17.5. The summed E-state index contributed by atoms with van der Waals surface area (Å²) in [6, 6.07) is 13.6. The number of piperidine rings is 1. The standard InChI is InChI=1S/C24H26ClN3O3/c1-2-31-24(30)18-9-6-12-27(15-18)23(29)13-20(17-7-4-3-5-8-17)21-14-26-22-11-10-19(25)16-28(21)22/h3-5,7-8,10-11,14,16,18,20H,2,6,9,12-13,15H2,1H3. The molecule has 1 saturated heterocycles. The highest BCUT2D eigenvalue weighted by atomic mass is 35.5. The molecule has 1 amide bonds. The van der Waals surface area contributed by atoms with Crippen LogP contribution in [0.15, 0.2) is 54.9 Å². The molecule has 1 aliphatic rings. The molecule has 0 spiro atoms. The molecule has 7 heteroatoms. The quantitative estimate of drug-likeness (QED) is 0.537. The largest absolute Gasteiger partial charge is 0.466 e. The van der Waals surface area contributed by atoms with E-state index in [1.165, 1.54) is 0 Å². The predicted molar refractivity (Wildman–Crippen MR) is 119 cm³/mol. The Balaban J connectivity index is 1.60. The first-order valence-electron chi connectivity index (χ1n) is 10.7. The Morgan fingerprint density at radius 2 is 2.03 bits per heavy atom. The smallest absolute Gasteiger partial charge is 0.310 e. The minimum absolute atomic E-state index is 0.0276. The maximum absolute atomic E-state index is 13.3. The molecule has 1 fully saturated rings. The van der Waals surface area contributed by atoms with Crippen molar-refractivity contribution in [2.45, 2.75) is 32.1 Å². The molecule has 1 aromatic carbocycles. The van der Waals surface area contributed by atoms with Crippen molar-refractivity contribution < 1.29 is 14.3 Å². The van der Waals surface area contributed by atoms with E-state index in [-0.39, 0.29) is 23.7 Å². The first-order valence-corrected chi connectivity index (χ1v) is 11.1. The van der Waals surface area contributed by atoms with Crippen molar-refractivity contribution in [3.05, 3.63) is 71.1 Å². The van der Waals surface area contributed by atoms with Gasteiger partial charge < -0.3 is 14.0 Å². The lowest BCUT2D eigenvalue weighted by molar-refractivity contribution is -0.151. The van der Waals surface area contributed by atoms with Crippen LogP contribution in [0.1, 0.15) is 43.4 Å². The molecule has 0 N–H and O–H groups in total. The summed E-state index contributed by atoms with van der Waals surface area (Å²) in [5.41, 5.74) is 2.74. The van der Waals surface area contributed by atoms with Crippen LogP contribution in [0, 0.1) is 5.92 Å². The average Bonchev–Trinajstić information content (AvgIpc) is 3.21. The number of hydrogen-bond donors (Lipinski definition) is 0. The number of hydrogen-bond acceptors (Lipinski definition) is 4. The van der Waals surface area contributed by atoms with Crippen LogP contribution in [-0.2, 0) is 14.3 Å². The number of ether oxygens (including phenoxy) is 1. The molecule has 6 nitrogen and oxygen atoms in total. The van der Waals surface area contributed by atoms with Crippen molar-refractivity contribution in [2.75, 3.05) is 19.7 Å². The summed E-state index contributed by atoms with van der Waals surface area (Å²) < 4.78 is 7.13. The fourth-order valence-electron chi connectivity index (χ4n) is 4.27. The van der Waals surface area contributed by atoms with Gasteiger partial charge in [0.1, 0.15) is 5.65 Å². The summed E-state index contributed by atoms with van der Waals surface area (Å²) in [6.07, 6.45) is 5.50. The highest BCUT2D eigenvalue weighted by molar-refractivity contribution is 6.30. The lowest BCUT2D eigenvalue weighted by atomic mass is 9.91. The van der Waals surface area contributed by atoms with Gasteiger partial charge in [-0.05, 0) is 37.5 Å². The zero-order valence-corrected chi connectivity index (χ0v) is 18.3. The number of carbonyl (C=O) groups is 2. The molecule has 0 bridgehead atoms. The lowest BCUT2D eigenvalue weighted by Gasteiger charge is -2.32. The van der Waals surface area contributed by atoms with Crippen LogP contribution in [0.2, 0.25) is 5.02 Å². The van der Waals surface area contributed by atoms with Gasteiger partial charge in [-0.1, -0.05) is 41.9 Å². The fraction of sp³-hybridized carbons (Fsp3) is 0.375. The van der Waals surface area contributed by atoms with E-state index in [9.17, 15) is 9.59 Å². The van der Waals surface area contributed by atoms with Crippen LogP contribution in [0.4, 0.5) is 0 Å². The van der Waals surface area contributed by atoms with Crippen molar-refractivity contribution in [1.29, 1.82) is 0 Å². The maximum Gasteiger partial charge on any atom is 0.310 e. The minimum Gasteiger partial charge on any atom is -0.466 e. The molecule has 2 atom stereocenters. The van der Waals surface area contributed by atoms with Crippen LogP contribution in [0.3, 0.4) is 0 Å². The summed E-state index contributed by atoms with van der Waals surface area (Å²) in [4.78, 5) is 31.8. The van der Waals surface area contributed by atoms with Gasteiger partial charge in [-0.3, -0.25) is 9.59 Å². The number of nitrogens with zero attached hydrogens (tertiary/aromatic N) is 3. The molecule has 4 rings (SSSR count). The number of aromatic nitrogens is 2. The fourth-order valence-corrected chi connectivity index (χ4v) is 4.43. The first kappa shape index (κ1) is 21.4. The van der Waals surface area contributed by atoms with Gasteiger partial charge in [-0.25, -0.2) is 4.98 Å². The molecule has 2 aromatic heterocycles. The Kier molecular flexibility index (Phi) is 6.56. The second-order valence-electron chi connectivity index (χ2n) is 7.86. The Hall–Kier alpha value is -2.86. The van der Waals surface area contributed by atoms with Crippen LogP contribution < -0.4 is 0 Å². The first-order chi connectivity index (χ1) is 15.1. The topological polar surface area (TPSA) is 63.9 Å². The number of esters is 1. The second-order valence-corrected chi connectivity index (χ2v) is 8.29. The maximum atomic E-state index is 13.3. The van der Waals surface area contributed by atoms with Gasteiger partial charge in [0, 0.05) is 37.8 Å². The number of rotatable bonds is 6. The molecular weight excluding hydrogens is 414 g/mol. The van der Waals surface area contributed by atoms with Crippen molar-refractivity contribution in [3.8, 4) is 0 Å². The molecule has 31 heavy (non-hydrogen) atoms. The minimum atomic E-state index is -0.248. The average molecular weight is 440 g/mol. The number of halogens is 1. The highest BCUT2D eigenvalue weighted by Gasteiger charge is 2.31. The van der Waals surface area contributed by atoms with Gasteiger partial charge in [-0.15, -0.1) is 0 Å². The third-order valence-electron chi connectivity index (χ3n) is 5.83. The summed E-state index contributed by atoms with van der Waals surface area (Å²) in [7, 11) is 0. The molecule has 2 unspecified atom stereocenters. The van der Waals surface area contributed by atoms with Crippen LogP contribution in [-0.4, -0.2) is 45.9 Å². The van der Waals surface area contributed by atoms with E-state index < -0.39 is 0 Å². The van der Waals surface area contributed by atoms with Crippen molar-refractivity contribution in [2.24, 2.45) is 5.92 Å². The van der Waals surface area contributed by atoms with Crippen LogP contribution in [0.5, 0.6) is 0 Å². The summed E-state index contributed by atoms with van der Waals surface area (Å²) >= 11 is 6.23. The van der Waals surface area contributed by atoms with Gasteiger partial charge >= 0.3 is 5.97 Å². The predicted octanol–water partition coefficient (Wildman–Crippen LogP) is 4.31. The second kappa shape index (κ2) is 9.52. The number of likely N-dealkylation sites (tertiary alicyclic amines) is 1. The van der Waals surface area contributed by atoms with Crippen LogP contribution >= 0.6 is 11.6 Å². The van der Waals surface area contributed by atoms with E-state index in [0.717, 1.165) is 29.7 Å². The molecule has 0 saturated carbocycles. The monoisotopic (exact) mass is 439 g/mol. The van der Waals surface area contributed by atoms with E-state index in [0.29, 0.717) is 31.1 Å². The Morgan fingerprint density at radius 3 is 2.81 bits per heavy atom. The van der Waals surface area contributed by atoms with Gasteiger partial charge in [0.05, 0.1) is 23.2 Å². The Labute approximate surface area is 186 Å². The van der Waals surface area contributed by atoms with Crippen molar-refractivity contribution in [3.63, 3.8) is 0 Å². The molecule has 1 aliphatic heterocycles. The number of carbonyl (C=O) groups excluding carboxylic acids is 2. The third-order valence-corrected chi connectivity index (χ3v) is 6.05. The van der Waals surface area contributed by atoms with E-state index in [1.54, 1.807) is 17.9 Å². The lowest BCUT2D eigenvalue weighted by Crippen LogP contribution is -2.43. The molecule has 162 valence electrons. The SMILES string of the molecule is CCOC(=O)C1CCCN(C(=O)CC(c2ccccc2)c2cnc3ccc(Cl)cn23)C1. The molecule has 3 heterocycles. The van der Waals surface area contributed by atoms with E-state index in [2.05, 4.69) is 4.98 Å². The van der Waals surface area contributed by atoms with Gasteiger partial charge in [0.25, 0.3) is 0 Å². The molecule has 0 radical (unpaired) electrons. The summed E-state index contributed by atoms with van der Waals surface area (Å²) in [5, 5.41) is 0.609. The van der Waals surface area contributed by atoms with Gasteiger partial charge in [-0.2, -0.15) is 0 Å². The summed E-state index contributed by atoms with van der Waals surface area (Å²) in [5.74, 6) is -0.608.